The van der Waals surface area contributed by atoms with E-state index in [9.17, 15) is 9.50 Å². The normalized spacial score (nSPS) is 18.9. The third kappa shape index (κ3) is 3.25. The van der Waals surface area contributed by atoms with Gasteiger partial charge in [0.2, 0.25) is 0 Å². The van der Waals surface area contributed by atoms with Crippen molar-refractivity contribution < 1.29 is 9.50 Å². The molecule has 1 heterocycles. The molecule has 0 radical (unpaired) electrons. The highest BCUT2D eigenvalue weighted by molar-refractivity contribution is 5.55. The Morgan fingerprint density at radius 1 is 1.11 bits per heavy atom. The van der Waals surface area contributed by atoms with Crippen LogP contribution in [0.5, 0.6) is 0 Å². The van der Waals surface area contributed by atoms with Crippen LogP contribution in [-0.2, 0) is 0 Å². The fraction of sp³-hybridized carbons (Fsp3) is 0.600. The van der Waals surface area contributed by atoms with Gasteiger partial charge in [-0.2, -0.15) is 0 Å². The molecule has 0 saturated carbocycles. The van der Waals surface area contributed by atoms with Crippen LogP contribution < -0.4 is 4.90 Å². The summed E-state index contributed by atoms with van der Waals surface area (Å²) in [4.78, 5) is 4.67. The summed E-state index contributed by atoms with van der Waals surface area (Å²) in [6.07, 6.45) is -0.645. The Morgan fingerprint density at radius 2 is 1.74 bits per heavy atom. The van der Waals surface area contributed by atoms with Crippen molar-refractivity contribution in [2.45, 2.75) is 32.9 Å². The third-order valence-corrected chi connectivity index (χ3v) is 3.82. The Labute approximate surface area is 114 Å². The van der Waals surface area contributed by atoms with Gasteiger partial charge in [0.1, 0.15) is 5.82 Å². The Kier molecular flexibility index (Phi) is 4.42. The molecule has 0 amide bonds. The summed E-state index contributed by atoms with van der Waals surface area (Å²) in [5, 5.41) is 9.80. The Hall–Kier alpha value is -1.13. The number of nitrogens with zero attached hydrogens (tertiary/aromatic N) is 2. The van der Waals surface area contributed by atoms with Crippen molar-refractivity contribution >= 4 is 5.69 Å². The van der Waals surface area contributed by atoms with Gasteiger partial charge in [-0.05, 0) is 39.0 Å². The zero-order chi connectivity index (χ0) is 14.0. The molecule has 19 heavy (non-hydrogen) atoms. The van der Waals surface area contributed by atoms with Gasteiger partial charge in [0.15, 0.2) is 0 Å². The molecule has 1 aliphatic heterocycles. The predicted molar refractivity (Wildman–Crippen MR) is 76.0 cm³/mol. The van der Waals surface area contributed by atoms with Crippen LogP contribution >= 0.6 is 0 Å². The van der Waals surface area contributed by atoms with E-state index in [-0.39, 0.29) is 5.82 Å². The van der Waals surface area contributed by atoms with Gasteiger partial charge in [-0.3, -0.25) is 4.90 Å². The Balaban J connectivity index is 2.15. The van der Waals surface area contributed by atoms with Gasteiger partial charge in [-0.15, -0.1) is 0 Å². The topological polar surface area (TPSA) is 26.7 Å². The van der Waals surface area contributed by atoms with Crippen molar-refractivity contribution in [2.24, 2.45) is 0 Å². The molecule has 3 nitrogen and oxygen atoms in total. The summed E-state index contributed by atoms with van der Waals surface area (Å²) in [5.74, 6) is -0.291. The summed E-state index contributed by atoms with van der Waals surface area (Å²) in [7, 11) is 0. The number of aliphatic hydroxyl groups is 1. The number of benzene rings is 1. The molecule has 0 spiro atoms. The fourth-order valence-electron chi connectivity index (χ4n) is 2.63. The summed E-state index contributed by atoms with van der Waals surface area (Å²) in [6, 6.07) is 5.25. The summed E-state index contributed by atoms with van der Waals surface area (Å²) in [5.41, 5.74) is 1.64. The van der Waals surface area contributed by atoms with E-state index in [1.807, 2.05) is 0 Å². The maximum atomic E-state index is 13.3. The van der Waals surface area contributed by atoms with Gasteiger partial charge in [0, 0.05) is 43.5 Å². The van der Waals surface area contributed by atoms with Crippen LogP contribution in [0.3, 0.4) is 0 Å². The van der Waals surface area contributed by atoms with Gasteiger partial charge in [-0.1, -0.05) is 0 Å². The zero-order valence-corrected chi connectivity index (χ0v) is 11.9. The Morgan fingerprint density at radius 3 is 2.26 bits per heavy atom. The Bertz CT molecular complexity index is 426. The number of rotatable bonds is 3. The van der Waals surface area contributed by atoms with E-state index in [0.717, 1.165) is 31.9 Å². The van der Waals surface area contributed by atoms with Crippen molar-refractivity contribution in [3.63, 3.8) is 0 Å². The molecular formula is C15H23FN2O. The first-order valence-electron chi connectivity index (χ1n) is 6.95. The molecule has 1 aliphatic rings. The highest BCUT2D eigenvalue weighted by Gasteiger charge is 2.21. The minimum atomic E-state index is -0.645. The predicted octanol–water partition coefficient (Wildman–Crippen LogP) is 2.41. The summed E-state index contributed by atoms with van der Waals surface area (Å²) < 4.78 is 13.3. The monoisotopic (exact) mass is 266 g/mol. The quantitative estimate of drug-likeness (QED) is 0.910. The maximum Gasteiger partial charge on any atom is 0.123 e. The van der Waals surface area contributed by atoms with Gasteiger partial charge < -0.3 is 10.0 Å². The second kappa shape index (κ2) is 5.88. The highest BCUT2D eigenvalue weighted by Crippen LogP contribution is 2.28. The van der Waals surface area contributed by atoms with E-state index >= 15 is 0 Å². The number of hydrogen-bond acceptors (Lipinski definition) is 3. The molecule has 1 fully saturated rings. The van der Waals surface area contributed by atoms with Gasteiger partial charge >= 0.3 is 0 Å². The smallest absolute Gasteiger partial charge is 0.123 e. The van der Waals surface area contributed by atoms with Gasteiger partial charge in [0.25, 0.3) is 0 Å². The second-order valence-corrected chi connectivity index (χ2v) is 5.50. The van der Waals surface area contributed by atoms with Crippen LogP contribution in [0.4, 0.5) is 10.1 Å². The van der Waals surface area contributed by atoms with Crippen molar-refractivity contribution in [1.29, 1.82) is 0 Å². The largest absolute Gasteiger partial charge is 0.389 e. The molecule has 0 aliphatic carbocycles. The van der Waals surface area contributed by atoms with Gasteiger partial charge in [-0.25, -0.2) is 4.39 Å². The van der Waals surface area contributed by atoms with Crippen LogP contribution in [0.2, 0.25) is 0 Å². The minimum Gasteiger partial charge on any atom is -0.389 e. The molecule has 0 bridgehead atoms. The molecule has 0 unspecified atom stereocenters. The first kappa shape index (κ1) is 14.3. The number of halogens is 1. The molecule has 106 valence electrons. The van der Waals surface area contributed by atoms with E-state index in [1.165, 1.54) is 12.1 Å². The van der Waals surface area contributed by atoms with E-state index in [1.54, 1.807) is 13.0 Å². The third-order valence-electron chi connectivity index (χ3n) is 3.82. The van der Waals surface area contributed by atoms with Gasteiger partial charge in [0.05, 0.1) is 6.10 Å². The second-order valence-electron chi connectivity index (χ2n) is 5.50. The van der Waals surface area contributed by atoms with Crippen LogP contribution in [0, 0.1) is 5.82 Å². The first-order valence-corrected chi connectivity index (χ1v) is 6.95. The van der Waals surface area contributed by atoms with Crippen LogP contribution in [-0.4, -0.2) is 42.2 Å². The number of piperazine rings is 1. The zero-order valence-electron chi connectivity index (χ0n) is 11.9. The summed E-state index contributed by atoms with van der Waals surface area (Å²) >= 11 is 0. The molecule has 1 atom stereocenters. The number of aliphatic hydroxyl groups excluding tert-OH is 1. The van der Waals surface area contributed by atoms with Crippen LogP contribution in [0.1, 0.15) is 32.4 Å². The molecule has 0 aromatic heterocycles. The lowest BCUT2D eigenvalue weighted by Gasteiger charge is -2.39. The SMILES string of the molecule is CC(C)N1CCN(c2ccc(F)cc2[C@@H](C)O)CC1. The van der Waals surface area contributed by atoms with Crippen molar-refractivity contribution in [2.75, 3.05) is 31.1 Å². The number of anilines is 1. The van der Waals surface area contributed by atoms with Crippen molar-refractivity contribution in [1.82, 2.24) is 4.90 Å². The average Bonchev–Trinajstić information content (AvgIpc) is 2.38. The van der Waals surface area contributed by atoms with Crippen molar-refractivity contribution in [3.8, 4) is 0 Å². The summed E-state index contributed by atoms with van der Waals surface area (Å²) in [6.45, 7) is 9.95. The molecule has 1 saturated heterocycles. The molecular weight excluding hydrogens is 243 g/mol. The standard InChI is InChI=1S/C15H23FN2O/c1-11(2)17-6-8-18(9-7-17)15-5-4-13(16)10-14(15)12(3)19/h4-5,10-12,19H,6-9H2,1-3H3/t12-/m1/s1. The first-order chi connectivity index (χ1) is 8.99. The van der Waals surface area contributed by atoms with Crippen LogP contribution in [0.25, 0.3) is 0 Å². The van der Waals surface area contributed by atoms with E-state index in [0.29, 0.717) is 11.6 Å². The molecule has 2 rings (SSSR count). The van der Waals surface area contributed by atoms with E-state index in [4.69, 9.17) is 0 Å². The lowest BCUT2D eigenvalue weighted by Crippen LogP contribution is -2.49. The molecule has 1 N–H and O–H groups in total. The van der Waals surface area contributed by atoms with Crippen molar-refractivity contribution in [3.05, 3.63) is 29.6 Å². The lowest BCUT2D eigenvalue weighted by atomic mass is 10.1. The number of hydrogen-bond donors (Lipinski definition) is 1. The molecule has 4 heteroatoms. The lowest BCUT2D eigenvalue weighted by molar-refractivity contribution is 0.195. The average molecular weight is 266 g/mol. The van der Waals surface area contributed by atoms with E-state index in [2.05, 4.69) is 23.6 Å². The van der Waals surface area contributed by atoms with E-state index < -0.39 is 6.10 Å². The maximum absolute atomic E-state index is 13.3. The minimum absolute atomic E-state index is 0.291. The van der Waals surface area contributed by atoms with Crippen LogP contribution in [0.15, 0.2) is 18.2 Å². The fourth-order valence-corrected chi connectivity index (χ4v) is 2.63. The molecule has 1 aromatic rings. The highest BCUT2D eigenvalue weighted by atomic mass is 19.1. The molecule has 1 aromatic carbocycles.